The van der Waals surface area contributed by atoms with E-state index in [1.165, 1.54) is 17.2 Å². The van der Waals surface area contributed by atoms with E-state index in [0.29, 0.717) is 18.4 Å². The van der Waals surface area contributed by atoms with Crippen molar-refractivity contribution in [3.05, 3.63) is 64.2 Å². The molecule has 0 atom stereocenters. The maximum atomic E-state index is 13.8. The minimum Gasteiger partial charge on any atom is -0.334 e. The summed E-state index contributed by atoms with van der Waals surface area (Å²) in [6.45, 7) is 8.38. The van der Waals surface area contributed by atoms with Crippen molar-refractivity contribution in [1.82, 2.24) is 14.8 Å². The summed E-state index contributed by atoms with van der Waals surface area (Å²) in [5.41, 5.74) is 3.12. The van der Waals surface area contributed by atoms with Gasteiger partial charge in [-0.15, -0.1) is 0 Å². The van der Waals surface area contributed by atoms with E-state index in [1.807, 2.05) is 45.9 Å². The number of carbonyl (C=O) groups excluding carboxylic acids is 2. The number of carbonyl (C=O) groups is 2. The lowest BCUT2D eigenvalue weighted by Crippen LogP contribution is -2.42. The van der Waals surface area contributed by atoms with Gasteiger partial charge >= 0.3 is 12.1 Å². The molecule has 0 unspecified atom stereocenters. The van der Waals surface area contributed by atoms with E-state index < -0.39 is 18.0 Å². The number of nitrogens with zero attached hydrogens (tertiary/aromatic N) is 3. The number of hydrogen-bond acceptors (Lipinski definition) is 3. The first-order valence-corrected chi connectivity index (χ1v) is 11.1. The zero-order valence-corrected chi connectivity index (χ0v) is 19.3. The predicted molar refractivity (Wildman–Crippen MR) is 117 cm³/mol. The molecule has 0 saturated carbocycles. The normalized spacial score (nSPS) is 14.8. The molecule has 3 heterocycles. The number of halogens is 4. The molecule has 33 heavy (non-hydrogen) atoms. The lowest BCUT2D eigenvalue weighted by molar-refractivity contribution is -0.185. The minimum atomic E-state index is -4.88. The third-order valence-corrected chi connectivity index (χ3v) is 5.35. The van der Waals surface area contributed by atoms with Crippen LogP contribution in [0, 0.1) is 5.95 Å². The van der Waals surface area contributed by atoms with Gasteiger partial charge in [0.05, 0.1) is 12.1 Å². The molecule has 0 N–H and O–H groups in total. The predicted octanol–water partition coefficient (Wildman–Crippen LogP) is 4.92. The number of amides is 2. The van der Waals surface area contributed by atoms with E-state index in [2.05, 4.69) is 4.98 Å². The number of rotatable bonds is 2. The molecule has 0 fully saturated rings. The van der Waals surface area contributed by atoms with Crippen LogP contribution >= 0.6 is 0 Å². The zero-order chi connectivity index (χ0) is 24.8. The summed E-state index contributed by atoms with van der Waals surface area (Å²) < 4.78 is 51.9. The second kappa shape index (κ2) is 11.2. The minimum absolute atomic E-state index is 0.0108. The van der Waals surface area contributed by atoms with Crippen LogP contribution in [-0.2, 0) is 30.7 Å². The summed E-state index contributed by atoms with van der Waals surface area (Å²) in [6.07, 6.45) is -2.98. The van der Waals surface area contributed by atoms with Gasteiger partial charge in [-0.1, -0.05) is 45.9 Å². The van der Waals surface area contributed by atoms with Crippen molar-refractivity contribution in [3.8, 4) is 0 Å². The number of hydrogen-bond donors (Lipinski definition) is 0. The Morgan fingerprint density at radius 3 is 2.27 bits per heavy atom. The molecule has 180 valence electrons. The van der Waals surface area contributed by atoms with Crippen LogP contribution in [0.3, 0.4) is 0 Å². The highest BCUT2D eigenvalue weighted by Gasteiger charge is 2.42. The molecule has 0 spiro atoms. The standard InChI is InChI=1S/C20H17F4N3O2.2C2H6/c21-17-16-11-27(18(28)15(16)3-6-25-17)10-12-1-2-13-4-7-26(8-5-14(13)9-12)19(29)20(22,23)24;2*1-2/h1-3,6,9H,4-5,7-8,10-11H2;2*1-2H3. The topological polar surface area (TPSA) is 53.5 Å². The highest BCUT2D eigenvalue weighted by atomic mass is 19.4. The van der Waals surface area contributed by atoms with Gasteiger partial charge in [-0.05, 0) is 35.6 Å². The smallest absolute Gasteiger partial charge is 0.334 e. The average Bonchev–Trinajstić information content (AvgIpc) is 2.99. The highest BCUT2D eigenvalue weighted by Crippen LogP contribution is 2.27. The molecule has 0 saturated heterocycles. The highest BCUT2D eigenvalue weighted by molar-refractivity contribution is 5.98. The molecule has 5 nitrogen and oxygen atoms in total. The SMILES string of the molecule is CC.CC.O=C1c2ccnc(F)c2CN1Cc1ccc2c(c1)CCN(C(=O)C(F)(F)F)CC2. The van der Waals surface area contributed by atoms with Crippen LogP contribution in [0.25, 0.3) is 0 Å². The second-order valence-electron chi connectivity index (χ2n) is 7.18. The molecule has 2 aromatic rings. The van der Waals surface area contributed by atoms with Crippen molar-refractivity contribution in [2.24, 2.45) is 0 Å². The molecule has 0 aliphatic carbocycles. The fourth-order valence-corrected chi connectivity index (χ4v) is 3.86. The van der Waals surface area contributed by atoms with Crippen LogP contribution in [0.1, 0.15) is 60.3 Å². The van der Waals surface area contributed by atoms with Crippen LogP contribution in [0.15, 0.2) is 30.5 Å². The van der Waals surface area contributed by atoms with Gasteiger partial charge in [-0.3, -0.25) is 9.59 Å². The zero-order valence-electron chi connectivity index (χ0n) is 19.3. The van der Waals surface area contributed by atoms with Gasteiger partial charge in [0, 0.05) is 31.4 Å². The molecule has 2 aliphatic rings. The van der Waals surface area contributed by atoms with E-state index in [-0.39, 0.29) is 37.6 Å². The van der Waals surface area contributed by atoms with Crippen molar-refractivity contribution in [2.75, 3.05) is 13.1 Å². The van der Waals surface area contributed by atoms with Gasteiger partial charge in [0.15, 0.2) is 0 Å². The Kier molecular flexibility index (Phi) is 8.96. The average molecular weight is 468 g/mol. The lowest BCUT2D eigenvalue weighted by atomic mass is 10.00. The van der Waals surface area contributed by atoms with Crippen LogP contribution in [-0.4, -0.2) is 45.9 Å². The van der Waals surface area contributed by atoms with Crippen LogP contribution in [0.5, 0.6) is 0 Å². The van der Waals surface area contributed by atoms with Gasteiger partial charge < -0.3 is 9.80 Å². The molecular weight excluding hydrogens is 438 g/mol. The Labute approximate surface area is 191 Å². The summed E-state index contributed by atoms with van der Waals surface area (Å²) in [5.74, 6) is -2.76. The monoisotopic (exact) mass is 467 g/mol. The first kappa shape index (κ1) is 26.3. The molecule has 2 aliphatic heterocycles. The summed E-state index contributed by atoms with van der Waals surface area (Å²) in [5, 5.41) is 0. The quantitative estimate of drug-likeness (QED) is 0.466. The fraction of sp³-hybridized carbons (Fsp3) is 0.458. The summed E-state index contributed by atoms with van der Waals surface area (Å²) in [7, 11) is 0. The van der Waals surface area contributed by atoms with Crippen molar-refractivity contribution < 1.29 is 27.2 Å². The van der Waals surface area contributed by atoms with Crippen LogP contribution in [0.2, 0.25) is 0 Å². The van der Waals surface area contributed by atoms with Gasteiger partial charge in [-0.25, -0.2) is 4.98 Å². The lowest BCUT2D eigenvalue weighted by Gasteiger charge is -2.21. The molecule has 9 heteroatoms. The third kappa shape index (κ3) is 5.89. The van der Waals surface area contributed by atoms with Crippen LogP contribution in [0.4, 0.5) is 17.6 Å². The number of alkyl halides is 3. The second-order valence-corrected chi connectivity index (χ2v) is 7.18. The van der Waals surface area contributed by atoms with Gasteiger partial charge in [0.25, 0.3) is 5.91 Å². The Hall–Kier alpha value is -2.97. The molecule has 2 amide bonds. The molecule has 4 rings (SSSR count). The Bertz CT molecular complexity index is 992. The number of benzene rings is 1. The maximum Gasteiger partial charge on any atom is 0.471 e. The maximum absolute atomic E-state index is 13.8. The number of pyridine rings is 1. The third-order valence-electron chi connectivity index (χ3n) is 5.35. The summed E-state index contributed by atoms with van der Waals surface area (Å²) >= 11 is 0. The number of fused-ring (bicyclic) bond motifs is 2. The Balaban J connectivity index is 0.000000914. The van der Waals surface area contributed by atoms with Crippen molar-refractivity contribution >= 4 is 11.8 Å². The van der Waals surface area contributed by atoms with E-state index in [4.69, 9.17) is 0 Å². The van der Waals surface area contributed by atoms with E-state index >= 15 is 0 Å². The molecule has 1 aromatic carbocycles. The van der Waals surface area contributed by atoms with Crippen molar-refractivity contribution in [3.63, 3.8) is 0 Å². The largest absolute Gasteiger partial charge is 0.471 e. The molecule has 1 aromatic heterocycles. The first-order chi connectivity index (χ1) is 15.7. The van der Waals surface area contributed by atoms with E-state index in [0.717, 1.165) is 21.6 Å². The molecule has 0 bridgehead atoms. The van der Waals surface area contributed by atoms with Crippen LogP contribution < -0.4 is 0 Å². The Morgan fingerprint density at radius 1 is 1.03 bits per heavy atom. The van der Waals surface area contributed by atoms with Gasteiger partial charge in [-0.2, -0.15) is 17.6 Å². The van der Waals surface area contributed by atoms with E-state index in [1.54, 1.807) is 0 Å². The fourth-order valence-electron chi connectivity index (χ4n) is 3.86. The van der Waals surface area contributed by atoms with Gasteiger partial charge in [0.1, 0.15) is 0 Å². The van der Waals surface area contributed by atoms with E-state index in [9.17, 15) is 27.2 Å². The first-order valence-electron chi connectivity index (χ1n) is 11.1. The molecule has 0 radical (unpaired) electrons. The number of aromatic nitrogens is 1. The summed E-state index contributed by atoms with van der Waals surface area (Å²) in [6, 6.07) is 6.97. The van der Waals surface area contributed by atoms with Gasteiger partial charge in [0.2, 0.25) is 5.95 Å². The molecular formula is C24H29F4N3O2. The van der Waals surface area contributed by atoms with Crippen molar-refractivity contribution in [1.29, 1.82) is 0 Å². The van der Waals surface area contributed by atoms with Crippen molar-refractivity contribution in [2.45, 2.75) is 59.8 Å². The summed E-state index contributed by atoms with van der Waals surface area (Å²) in [4.78, 5) is 29.9. The Morgan fingerprint density at radius 2 is 1.67 bits per heavy atom.